The average molecular weight is 146 g/mol. The van der Waals surface area contributed by atoms with Crippen LogP contribution < -0.4 is 5.73 Å². The molecule has 0 heterocycles. The maximum Gasteiger partial charge on any atom is 0.151 e. The fourth-order valence-corrected chi connectivity index (χ4v) is 0.683. The van der Waals surface area contributed by atoms with Gasteiger partial charge in [0.1, 0.15) is 0 Å². The number of hydrogen-bond acceptors (Lipinski definition) is 3. The van der Waals surface area contributed by atoms with Crippen molar-refractivity contribution >= 4 is 16.9 Å². The van der Waals surface area contributed by atoms with Crippen molar-refractivity contribution < 1.29 is 4.74 Å². The number of nitrogens with one attached hydrogen (secondary N) is 1. The molecule has 0 radical (unpaired) electrons. The van der Waals surface area contributed by atoms with Crippen LogP contribution in [-0.4, -0.2) is 17.5 Å². The van der Waals surface area contributed by atoms with Crippen LogP contribution in [-0.2, 0) is 4.74 Å². The van der Waals surface area contributed by atoms with E-state index in [1.807, 2.05) is 0 Å². The molecule has 0 unspecified atom stereocenters. The van der Waals surface area contributed by atoms with E-state index in [4.69, 9.17) is 15.9 Å². The highest BCUT2D eigenvalue weighted by molar-refractivity contribution is 8.13. The van der Waals surface area contributed by atoms with Crippen molar-refractivity contribution in [1.29, 1.82) is 5.41 Å². The molecular weight excluding hydrogens is 136 g/mol. The molecule has 0 fully saturated rings. The molecule has 0 saturated carbocycles. The molecule has 0 spiro atoms. The van der Waals surface area contributed by atoms with Crippen molar-refractivity contribution in [1.82, 2.24) is 0 Å². The van der Waals surface area contributed by atoms with E-state index in [0.717, 1.165) is 0 Å². The summed E-state index contributed by atoms with van der Waals surface area (Å²) in [6, 6.07) is 0. The Kier molecular flexibility index (Phi) is 5.11. The zero-order chi connectivity index (χ0) is 7.11. The molecule has 3 N–H and O–H groups in total. The maximum absolute atomic E-state index is 6.79. The minimum atomic E-state index is 0.127. The largest absolute Gasteiger partial charge is 0.501 e. The Hall–Kier alpha value is -0.640. The van der Waals surface area contributed by atoms with E-state index in [2.05, 4.69) is 6.58 Å². The molecule has 0 bridgehead atoms. The molecule has 0 aliphatic heterocycles. The normalized spacial score (nSPS) is 8.44. The second-order valence-corrected chi connectivity index (χ2v) is 2.39. The van der Waals surface area contributed by atoms with Crippen molar-refractivity contribution in [3.05, 3.63) is 12.8 Å². The molecule has 0 saturated heterocycles. The van der Waals surface area contributed by atoms with Crippen LogP contribution in [0.25, 0.3) is 0 Å². The molecule has 0 rings (SSSR count). The smallest absolute Gasteiger partial charge is 0.151 e. The summed E-state index contributed by atoms with van der Waals surface area (Å²) < 4.78 is 4.77. The van der Waals surface area contributed by atoms with Gasteiger partial charge in [0.25, 0.3) is 0 Å². The molecule has 9 heavy (non-hydrogen) atoms. The van der Waals surface area contributed by atoms with Crippen LogP contribution in [0.5, 0.6) is 0 Å². The zero-order valence-electron chi connectivity index (χ0n) is 5.09. The van der Waals surface area contributed by atoms with Crippen LogP contribution in [0.1, 0.15) is 0 Å². The predicted molar refractivity (Wildman–Crippen MR) is 40.5 cm³/mol. The van der Waals surface area contributed by atoms with Gasteiger partial charge < -0.3 is 10.5 Å². The highest BCUT2D eigenvalue weighted by Crippen LogP contribution is 1.96. The van der Waals surface area contributed by atoms with Gasteiger partial charge >= 0.3 is 0 Å². The van der Waals surface area contributed by atoms with E-state index in [0.29, 0.717) is 12.4 Å². The lowest BCUT2D eigenvalue weighted by Crippen LogP contribution is -2.06. The maximum atomic E-state index is 6.79. The van der Waals surface area contributed by atoms with Gasteiger partial charge in [0.2, 0.25) is 0 Å². The first kappa shape index (κ1) is 8.36. The van der Waals surface area contributed by atoms with Gasteiger partial charge in [-0.15, -0.1) is 0 Å². The molecule has 52 valence electrons. The van der Waals surface area contributed by atoms with Crippen LogP contribution in [0.4, 0.5) is 0 Å². The molecule has 0 aliphatic carbocycles. The molecule has 0 aromatic rings. The lowest BCUT2D eigenvalue weighted by Gasteiger charge is -1.97. The van der Waals surface area contributed by atoms with Gasteiger partial charge in [-0.2, -0.15) is 0 Å². The van der Waals surface area contributed by atoms with Crippen LogP contribution in [0, 0.1) is 5.41 Å². The number of ether oxygens (including phenoxy) is 1. The molecule has 0 amide bonds. The van der Waals surface area contributed by atoms with Crippen molar-refractivity contribution in [3.8, 4) is 0 Å². The minimum absolute atomic E-state index is 0.127. The molecule has 4 heteroatoms. The van der Waals surface area contributed by atoms with E-state index in [1.165, 1.54) is 18.0 Å². The molecule has 0 atom stereocenters. The molecule has 0 aliphatic rings. The van der Waals surface area contributed by atoms with Crippen molar-refractivity contribution in [2.75, 3.05) is 12.4 Å². The minimum Gasteiger partial charge on any atom is -0.501 e. The fourth-order valence-electron chi connectivity index (χ4n) is 0.283. The highest BCUT2D eigenvalue weighted by atomic mass is 32.2. The monoisotopic (exact) mass is 146 g/mol. The van der Waals surface area contributed by atoms with E-state index < -0.39 is 0 Å². The summed E-state index contributed by atoms with van der Waals surface area (Å²) in [6.07, 6.45) is 1.38. The SMILES string of the molecule is C=COCCSC(=N)N. The second kappa shape index (κ2) is 5.50. The first-order valence-electron chi connectivity index (χ1n) is 2.46. The van der Waals surface area contributed by atoms with Crippen molar-refractivity contribution in [2.24, 2.45) is 5.73 Å². The topological polar surface area (TPSA) is 59.1 Å². The van der Waals surface area contributed by atoms with Gasteiger partial charge in [-0.1, -0.05) is 18.3 Å². The fraction of sp³-hybridized carbons (Fsp3) is 0.400. The third kappa shape index (κ3) is 7.36. The second-order valence-electron chi connectivity index (χ2n) is 1.25. The molecule has 3 nitrogen and oxygen atoms in total. The first-order chi connectivity index (χ1) is 4.27. The summed E-state index contributed by atoms with van der Waals surface area (Å²) in [7, 11) is 0. The number of nitrogens with two attached hydrogens (primary N) is 1. The van der Waals surface area contributed by atoms with E-state index in [-0.39, 0.29) is 5.17 Å². The van der Waals surface area contributed by atoms with Gasteiger partial charge in [-0.25, -0.2) is 0 Å². The summed E-state index contributed by atoms with van der Waals surface area (Å²) in [6.45, 7) is 3.92. The number of hydrogen-bond donors (Lipinski definition) is 2. The Morgan fingerprint density at radius 2 is 2.56 bits per heavy atom. The molecular formula is C5H10N2OS. The highest BCUT2D eigenvalue weighted by Gasteiger charge is 1.88. The van der Waals surface area contributed by atoms with Crippen LogP contribution in [0.3, 0.4) is 0 Å². The Bertz CT molecular complexity index is 105. The Labute approximate surface area is 58.8 Å². The third-order valence-corrected chi connectivity index (χ3v) is 1.26. The van der Waals surface area contributed by atoms with Crippen LogP contribution in [0.15, 0.2) is 12.8 Å². The summed E-state index contributed by atoms with van der Waals surface area (Å²) >= 11 is 1.26. The molecule has 0 aromatic carbocycles. The van der Waals surface area contributed by atoms with Crippen LogP contribution >= 0.6 is 11.8 Å². The lowest BCUT2D eigenvalue weighted by molar-refractivity contribution is 0.274. The average Bonchev–Trinajstić information content (AvgIpc) is 1.80. The summed E-state index contributed by atoms with van der Waals surface area (Å²) in [5.74, 6) is 0.710. The van der Waals surface area contributed by atoms with E-state index in [1.54, 1.807) is 0 Å². The van der Waals surface area contributed by atoms with Crippen LogP contribution in [0.2, 0.25) is 0 Å². The Morgan fingerprint density at radius 3 is 3.00 bits per heavy atom. The van der Waals surface area contributed by atoms with Crippen molar-refractivity contribution in [3.63, 3.8) is 0 Å². The van der Waals surface area contributed by atoms with Gasteiger partial charge in [0.15, 0.2) is 5.17 Å². The number of amidine groups is 1. The zero-order valence-corrected chi connectivity index (χ0v) is 5.91. The lowest BCUT2D eigenvalue weighted by atomic mass is 10.8. The summed E-state index contributed by atoms with van der Waals surface area (Å²) in [4.78, 5) is 0. The number of thioether (sulfide) groups is 1. The van der Waals surface area contributed by atoms with E-state index >= 15 is 0 Å². The van der Waals surface area contributed by atoms with Gasteiger partial charge in [-0.3, -0.25) is 5.41 Å². The standard InChI is InChI=1S/C5H10N2OS/c1-2-8-3-4-9-5(6)7/h2H,1,3-4H2,(H3,6,7). The predicted octanol–water partition coefficient (Wildman–Crippen LogP) is 0.773. The first-order valence-corrected chi connectivity index (χ1v) is 3.45. The molecule has 0 aromatic heterocycles. The summed E-state index contributed by atoms with van der Waals surface area (Å²) in [5.41, 5.74) is 5.04. The quantitative estimate of drug-likeness (QED) is 0.266. The Morgan fingerprint density at radius 1 is 1.89 bits per heavy atom. The van der Waals surface area contributed by atoms with Crippen molar-refractivity contribution in [2.45, 2.75) is 0 Å². The third-order valence-electron chi connectivity index (χ3n) is 0.577. The summed E-state index contributed by atoms with van der Waals surface area (Å²) in [5, 5.41) is 6.92. The van der Waals surface area contributed by atoms with Gasteiger partial charge in [0, 0.05) is 5.75 Å². The van der Waals surface area contributed by atoms with Gasteiger partial charge in [-0.05, 0) is 0 Å². The van der Waals surface area contributed by atoms with E-state index in [9.17, 15) is 0 Å². The van der Waals surface area contributed by atoms with Gasteiger partial charge in [0.05, 0.1) is 12.9 Å². The number of rotatable bonds is 4. The Balaban J connectivity index is 2.91.